The average molecular weight is 353 g/mol. The van der Waals surface area contributed by atoms with E-state index in [4.69, 9.17) is 0 Å². The molecular formula is C16H21ClN4OS. The number of hydrogen-bond donors (Lipinski definition) is 2. The van der Waals surface area contributed by atoms with Gasteiger partial charge in [0, 0.05) is 18.8 Å². The Kier molecular flexibility index (Phi) is 4.75. The second kappa shape index (κ2) is 6.63. The van der Waals surface area contributed by atoms with Crippen LogP contribution in [0.25, 0.3) is 0 Å². The molecule has 2 N–H and O–H groups in total. The monoisotopic (exact) mass is 352 g/mol. The van der Waals surface area contributed by atoms with Crippen LogP contribution in [-0.4, -0.2) is 40.1 Å². The van der Waals surface area contributed by atoms with Crippen molar-refractivity contribution >= 4 is 29.7 Å². The van der Waals surface area contributed by atoms with E-state index in [0.29, 0.717) is 23.7 Å². The smallest absolute Gasteiger partial charge is 0.272 e. The highest BCUT2D eigenvalue weighted by molar-refractivity contribution is 7.07. The first-order valence-corrected chi connectivity index (χ1v) is 8.75. The second-order valence-corrected chi connectivity index (χ2v) is 7.15. The molecule has 1 aliphatic carbocycles. The maximum Gasteiger partial charge on any atom is 0.272 e. The number of aromatic amines is 1. The standard InChI is InChI=1S/C16H20N4OS.ClH/c21-15(13-1-5-18-19-13)20(10-12-2-8-22-11-12)14-9-16(14)3-6-17-7-4-16;/h1-2,5,8,11,14,17H,3-4,6-7,9-10H2,(H,18,19);1H. The van der Waals surface area contributed by atoms with E-state index in [1.807, 2.05) is 0 Å². The van der Waals surface area contributed by atoms with Crippen molar-refractivity contribution in [2.75, 3.05) is 13.1 Å². The van der Waals surface area contributed by atoms with E-state index in [1.165, 1.54) is 18.4 Å². The molecule has 1 unspecified atom stereocenters. The van der Waals surface area contributed by atoms with Crippen LogP contribution in [-0.2, 0) is 6.54 Å². The first-order valence-electron chi connectivity index (χ1n) is 7.81. The molecule has 7 heteroatoms. The fourth-order valence-electron chi connectivity index (χ4n) is 3.66. The van der Waals surface area contributed by atoms with Crippen molar-refractivity contribution in [2.45, 2.75) is 31.8 Å². The minimum atomic E-state index is 0. The minimum absolute atomic E-state index is 0. The van der Waals surface area contributed by atoms with Crippen LogP contribution in [0.15, 0.2) is 29.1 Å². The van der Waals surface area contributed by atoms with Gasteiger partial charge >= 0.3 is 0 Å². The van der Waals surface area contributed by atoms with Crippen LogP contribution in [0.4, 0.5) is 0 Å². The molecule has 2 fully saturated rings. The van der Waals surface area contributed by atoms with Gasteiger partial charge in [0.05, 0.1) is 0 Å². The van der Waals surface area contributed by atoms with E-state index in [1.54, 1.807) is 23.6 Å². The Labute approximate surface area is 145 Å². The number of carbonyl (C=O) groups excluding carboxylic acids is 1. The third kappa shape index (κ3) is 3.16. The predicted molar refractivity (Wildman–Crippen MR) is 93.0 cm³/mol. The highest BCUT2D eigenvalue weighted by atomic mass is 35.5. The summed E-state index contributed by atoms with van der Waals surface area (Å²) in [6.07, 6.45) is 5.13. The number of aromatic nitrogens is 2. The van der Waals surface area contributed by atoms with Crippen molar-refractivity contribution in [3.05, 3.63) is 40.3 Å². The summed E-state index contributed by atoms with van der Waals surface area (Å²) in [6.45, 7) is 2.84. The first-order chi connectivity index (χ1) is 10.8. The summed E-state index contributed by atoms with van der Waals surface area (Å²) in [5.74, 6) is 0.0732. The van der Waals surface area contributed by atoms with Crippen molar-refractivity contribution in [1.82, 2.24) is 20.4 Å². The molecule has 0 aromatic carbocycles. The minimum Gasteiger partial charge on any atom is -0.329 e. The van der Waals surface area contributed by atoms with Gasteiger partial charge in [0.25, 0.3) is 5.91 Å². The number of thiophene rings is 1. The highest BCUT2D eigenvalue weighted by Crippen LogP contribution is 2.56. The van der Waals surface area contributed by atoms with Crippen molar-refractivity contribution in [3.8, 4) is 0 Å². The van der Waals surface area contributed by atoms with E-state index in [0.717, 1.165) is 19.5 Å². The van der Waals surface area contributed by atoms with Crippen LogP contribution in [0.5, 0.6) is 0 Å². The zero-order valence-electron chi connectivity index (χ0n) is 12.8. The van der Waals surface area contributed by atoms with Gasteiger partial charge in [-0.2, -0.15) is 16.4 Å². The number of hydrogen-bond acceptors (Lipinski definition) is 4. The highest BCUT2D eigenvalue weighted by Gasteiger charge is 2.57. The molecule has 2 aliphatic rings. The number of piperidine rings is 1. The number of H-pyrrole nitrogens is 1. The van der Waals surface area contributed by atoms with Crippen molar-refractivity contribution in [2.24, 2.45) is 5.41 Å². The molecule has 1 aliphatic heterocycles. The Morgan fingerprint density at radius 2 is 2.22 bits per heavy atom. The molecule has 2 aromatic rings. The Morgan fingerprint density at radius 1 is 1.39 bits per heavy atom. The van der Waals surface area contributed by atoms with Gasteiger partial charge in [-0.1, -0.05) is 0 Å². The molecule has 1 atom stereocenters. The molecular weight excluding hydrogens is 332 g/mol. The molecule has 1 saturated heterocycles. The maximum absolute atomic E-state index is 12.9. The summed E-state index contributed by atoms with van der Waals surface area (Å²) in [5.41, 5.74) is 2.15. The van der Waals surface area contributed by atoms with Crippen LogP contribution < -0.4 is 5.32 Å². The van der Waals surface area contributed by atoms with Gasteiger partial charge < -0.3 is 10.2 Å². The Hall–Kier alpha value is -1.37. The normalized spacial score (nSPS) is 21.7. The number of carbonyl (C=O) groups is 1. The lowest BCUT2D eigenvalue weighted by Gasteiger charge is -2.29. The van der Waals surface area contributed by atoms with Gasteiger partial charge in [0.15, 0.2) is 0 Å². The Morgan fingerprint density at radius 3 is 2.87 bits per heavy atom. The molecule has 1 amide bonds. The average Bonchev–Trinajstić information content (AvgIpc) is 3.02. The molecule has 1 spiro atoms. The lowest BCUT2D eigenvalue weighted by atomic mass is 9.93. The van der Waals surface area contributed by atoms with Gasteiger partial charge in [0.2, 0.25) is 0 Å². The number of rotatable bonds is 4. The molecule has 4 rings (SSSR count). The first kappa shape index (κ1) is 16.5. The zero-order chi connectivity index (χ0) is 15.0. The summed E-state index contributed by atoms with van der Waals surface area (Å²) >= 11 is 1.68. The molecule has 3 heterocycles. The maximum atomic E-state index is 12.9. The number of nitrogens with zero attached hydrogens (tertiary/aromatic N) is 2. The Bertz CT molecular complexity index is 637. The fraction of sp³-hybridized carbons (Fsp3) is 0.500. The van der Waals surface area contributed by atoms with Gasteiger partial charge in [0.1, 0.15) is 5.69 Å². The van der Waals surface area contributed by atoms with Gasteiger partial charge in [-0.25, -0.2) is 0 Å². The molecule has 124 valence electrons. The lowest BCUT2D eigenvalue weighted by molar-refractivity contribution is 0.0686. The van der Waals surface area contributed by atoms with Crippen molar-refractivity contribution in [1.29, 1.82) is 0 Å². The molecule has 23 heavy (non-hydrogen) atoms. The van der Waals surface area contributed by atoms with Crippen LogP contribution in [0.1, 0.15) is 35.3 Å². The number of amides is 1. The largest absolute Gasteiger partial charge is 0.329 e. The summed E-state index contributed by atoms with van der Waals surface area (Å²) in [4.78, 5) is 14.9. The number of nitrogens with one attached hydrogen (secondary N) is 2. The number of halogens is 1. The van der Waals surface area contributed by atoms with E-state index in [9.17, 15) is 4.79 Å². The molecule has 5 nitrogen and oxygen atoms in total. The lowest BCUT2D eigenvalue weighted by Crippen LogP contribution is -2.39. The molecule has 2 aromatic heterocycles. The Balaban J connectivity index is 0.00000156. The van der Waals surface area contributed by atoms with Crippen LogP contribution >= 0.6 is 23.7 Å². The van der Waals surface area contributed by atoms with E-state index < -0.39 is 0 Å². The topological polar surface area (TPSA) is 61.0 Å². The quantitative estimate of drug-likeness (QED) is 0.889. The summed E-state index contributed by atoms with van der Waals surface area (Å²) in [6, 6.07) is 4.24. The zero-order valence-corrected chi connectivity index (χ0v) is 14.5. The van der Waals surface area contributed by atoms with Crippen molar-refractivity contribution in [3.63, 3.8) is 0 Å². The van der Waals surface area contributed by atoms with Crippen LogP contribution in [0, 0.1) is 5.41 Å². The van der Waals surface area contributed by atoms with E-state index in [-0.39, 0.29) is 18.3 Å². The summed E-state index contributed by atoms with van der Waals surface area (Å²) < 4.78 is 0. The summed E-state index contributed by atoms with van der Waals surface area (Å²) in [7, 11) is 0. The third-order valence-corrected chi connectivity index (χ3v) is 5.78. The van der Waals surface area contributed by atoms with E-state index >= 15 is 0 Å². The molecule has 0 bridgehead atoms. The molecule has 0 radical (unpaired) electrons. The van der Waals surface area contributed by atoms with Crippen LogP contribution in [0.3, 0.4) is 0 Å². The van der Waals surface area contributed by atoms with Gasteiger partial charge in [-0.05, 0) is 66.2 Å². The molecule has 1 saturated carbocycles. The third-order valence-electron chi connectivity index (χ3n) is 5.05. The predicted octanol–water partition coefficient (Wildman–Crippen LogP) is 2.68. The summed E-state index contributed by atoms with van der Waals surface area (Å²) in [5, 5.41) is 14.4. The fourth-order valence-corrected chi connectivity index (χ4v) is 4.32. The van der Waals surface area contributed by atoms with E-state index in [2.05, 4.69) is 37.2 Å². The van der Waals surface area contributed by atoms with Gasteiger partial charge in [-0.15, -0.1) is 12.4 Å². The SMILES string of the molecule is Cl.O=C(c1ccn[nH]1)N(Cc1ccsc1)C1CC12CCNCC2. The van der Waals surface area contributed by atoms with Crippen molar-refractivity contribution < 1.29 is 4.79 Å². The van der Waals surface area contributed by atoms with Crippen LogP contribution in [0.2, 0.25) is 0 Å². The van der Waals surface area contributed by atoms with Gasteiger partial charge in [-0.3, -0.25) is 9.89 Å². The second-order valence-electron chi connectivity index (χ2n) is 6.37.